The highest BCUT2D eigenvalue weighted by Gasteiger charge is 2.24. The highest BCUT2D eigenvalue weighted by atomic mass is 16.5. The van der Waals surface area contributed by atoms with Crippen LogP contribution in [0.2, 0.25) is 0 Å². The molecule has 1 aromatic carbocycles. The summed E-state index contributed by atoms with van der Waals surface area (Å²) in [6.45, 7) is 4.55. The molecule has 0 bridgehead atoms. The van der Waals surface area contributed by atoms with Crippen LogP contribution >= 0.6 is 0 Å². The fraction of sp³-hybridized carbons (Fsp3) is 0.500. The van der Waals surface area contributed by atoms with Gasteiger partial charge in [-0.2, -0.15) is 4.98 Å². The minimum absolute atomic E-state index is 0.0544. The van der Waals surface area contributed by atoms with Crippen molar-refractivity contribution in [3.63, 3.8) is 0 Å². The van der Waals surface area contributed by atoms with Crippen LogP contribution in [0.1, 0.15) is 44.6 Å². The fourth-order valence-electron chi connectivity index (χ4n) is 3.66. The van der Waals surface area contributed by atoms with Gasteiger partial charge in [0.15, 0.2) is 0 Å². The molecule has 0 saturated heterocycles. The van der Waals surface area contributed by atoms with Crippen LogP contribution in [-0.2, 0) is 4.74 Å². The molecule has 1 aromatic heterocycles. The van der Waals surface area contributed by atoms with Crippen molar-refractivity contribution in [3.8, 4) is 0 Å². The Kier molecular flexibility index (Phi) is 7.41. The lowest BCUT2D eigenvalue weighted by Crippen LogP contribution is -2.44. The average molecular weight is 398 g/mol. The van der Waals surface area contributed by atoms with Gasteiger partial charge in [0.1, 0.15) is 5.82 Å². The maximum atomic E-state index is 13.3. The second kappa shape index (κ2) is 10.2. The first-order valence-electron chi connectivity index (χ1n) is 10.3. The molecule has 0 aliphatic heterocycles. The number of urea groups is 1. The van der Waals surface area contributed by atoms with Crippen LogP contribution in [0.3, 0.4) is 0 Å². The largest absolute Gasteiger partial charge is 0.383 e. The van der Waals surface area contributed by atoms with E-state index in [0.717, 1.165) is 36.9 Å². The van der Waals surface area contributed by atoms with E-state index in [0.29, 0.717) is 18.4 Å². The minimum Gasteiger partial charge on any atom is -0.383 e. The highest BCUT2D eigenvalue weighted by Crippen LogP contribution is 2.26. The Morgan fingerprint density at radius 2 is 2.07 bits per heavy atom. The topological polar surface area (TPSA) is 79.4 Å². The summed E-state index contributed by atoms with van der Waals surface area (Å²) in [5.74, 6) is 1.00. The van der Waals surface area contributed by atoms with Gasteiger partial charge in [0.05, 0.1) is 12.3 Å². The van der Waals surface area contributed by atoms with Crippen molar-refractivity contribution in [1.82, 2.24) is 15.3 Å². The van der Waals surface area contributed by atoms with Crippen molar-refractivity contribution in [2.24, 2.45) is 0 Å². The molecule has 1 aliphatic carbocycles. The standard InChI is InChI=1S/C22H31N5O2/c1-16-8-7-11-19(14-16)27(22(28)25-18-9-5-4-6-10-18)20-12-13-23-21(26-20)24-17(2)15-29-3/h7-8,11-14,17-18H,4-6,9-10,15H2,1-3H3,(H,25,28)(H,23,24,26)/t17-/m0/s1. The number of amides is 2. The molecule has 7 heteroatoms. The normalized spacial score (nSPS) is 15.6. The molecule has 2 amide bonds. The number of benzene rings is 1. The molecule has 0 spiro atoms. The highest BCUT2D eigenvalue weighted by molar-refractivity contribution is 5.98. The van der Waals surface area contributed by atoms with Crippen LogP contribution in [0, 0.1) is 6.92 Å². The third kappa shape index (κ3) is 5.90. The second-order valence-corrected chi connectivity index (χ2v) is 7.70. The molecule has 1 saturated carbocycles. The van der Waals surface area contributed by atoms with E-state index < -0.39 is 0 Å². The van der Waals surface area contributed by atoms with Crippen LogP contribution < -0.4 is 15.5 Å². The summed E-state index contributed by atoms with van der Waals surface area (Å²) in [7, 11) is 1.66. The van der Waals surface area contributed by atoms with Gasteiger partial charge in [0.25, 0.3) is 0 Å². The number of ether oxygens (including phenoxy) is 1. The third-order valence-corrected chi connectivity index (χ3v) is 5.06. The predicted octanol–water partition coefficient (Wildman–Crippen LogP) is 4.41. The first-order chi connectivity index (χ1) is 14.1. The van der Waals surface area contributed by atoms with Gasteiger partial charge < -0.3 is 15.4 Å². The first kappa shape index (κ1) is 21.0. The number of nitrogens with zero attached hydrogens (tertiary/aromatic N) is 3. The molecule has 1 atom stereocenters. The van der Waals surface area contributed by atoms with E-state index in [1.165, 1.54) is 6.42 Å². The van der Waals surface area contributed by atoms with Crippen LogP contribution in [0.25, 0.3) is 0 Å². The Morgan fingerprint density at radius 3 is 2.79 bits per heavy atom. The number of aryl methyl sites for hydroxylation is 1. The maximum Gasteiger partial charge on any atom is 0.327 e. The summed E-state index contributed by atoms with van der Waals surface area (Å²) in [5, 5.41) is 6.42. The first-order valence-corrected chi connectivity index (χ1v) is 10.3. The molecular weight excluding hydrogens is 366 g/mol. The Bertz CT molecular complexity index is 807. The molecule has 1 heterocycles. The van der Waals surface area contributed by atoms with Gasteiger partial charge in [0.2, 0.25) is 5.95 Å². The molecule has 2 N–H and O–H groups in total. The van der Waals surface area contributed by atoms with Crippen LogP contribution in [0.4, 0.5) is 22.2 Å². The van der Waals surface area contributed by atoms with Crippen molar-refractivity contribution in [2.75, 3.05) is 23.9 Å². The molecule has 2 aromatic rings. The number of methoxy groups -OCH3 is 1. The number of rotatable bonds is 7. The molecular formula is C22H31N5O2. The zero-order valence-electron chi connectivity index (χ0n) is 17.5. The molecule has 1 aliphatic rings. The zero-order valence-corrected chi connectivity index (χ0v) is 17.5. The number of aromatic nitrogens is 2. The van der Waals surface area contributed by atoms with E-state index in [1.807, 2.05) is 38.1 Å². The van der Waals surface area contributed by atoms with E-state index in [1.54, 1.807) is 24.3 Å². The Balaban J connectivity index is 1.87. The number of hydrogen-bond donors (Lipinski definition) is 2. The molecule has 29 heavy (non-hydrogen) atoms. The monoisotopic (exact) mass is 397 g/mol. The SMILES string of the molecule is COC[C@H](C)Nc1nccc(N(C(=O)NC2CCCCC2)c2cccc(C)c2)n1. The second-order valence-electron chi connectivity index (χ2n) is 7.70. The Labute approximate surface area is 172 Å². The summed E-state index contributed by atoms with van der Waals surface area (Å²) < 4.78 is 5.17. The smallest absolute Gasteiger partial charge is 0.327 e. The van der Waals surface area contributed by atoms with Crippen molar-refractivity contribution in [1.29, 1.82) is 0 Å². The summed E-state index contributed by atoms with van der Waals surface area (Å²) in [4.78, 5) is 23.8. The average Bonchev–Trinajstić information content (AvgIpc) is 2.69. The maximum absolute atomic E-state index is 13.3. The summed E-state index contributed by atoms with van der Waals surface area (Å²) in [5.41, 5.74) is 1.87. The van der Waals surface area contributed by atoms with Gasteiger partial charge in [-0.3, -0.25) is 0 Å². The quantitative estimate of drug-likeness (QED) is 0.723. The Hall–Kier alpha value is -2.67. The summed E-state index contributed by atoms with van der Waals surface area (Å²) in [6.07, 6.45) is 7.29. The summed E-state index contributed by atoms with van der Waals surface area (Å²) in [6, 6.07) is 9.75. The van der Waals surface area contributed by atoms with E-state index in [-0.39, 0.29) is 18.1 Å². The molecule has 0 unspecified atom stereocenters. The molecule has 156 valence electrons. The molecule has 3 rings (SSSR count). The van der Waals surface area contributed by atoms with Gasteiger partial charge in [-0.15, -0.1) is 0 Å². The van der Waals surface area contributed by atoms with Crippen LogP contribution in [0.15, 0.2) is 36.5 Å². The van der Waals surface area contributed by atoms with Crippen molar-refractivity contribution >= 4 is 23.5 Å². The van der Waals surface area contributed by atoms with Gasteiger partial charge in [0, 0.05) is 31.5 Å². The zero-order chi connectivity index (χ0) is 20.6. The summed E-state index contributed by atoms with van der Waals surface area (Å²) >= 11 is 0. The van der Waals surface area contributed by atoms with E-state index in [2.05, 4.69) is 20.6 Å². The number of carbonyl (C=O) groups excluding carboxylic acids is 1. The van der Waals surface area contributed by atoms with Crippen molar-refractivity contribution in [3.05, 3.63) is 42.1 Å². The number of carbonyl (C=O) groups is 1. The number of nitrogens with one attached hydrogen (secondary N) is 2. The van der Waals surface area contributed by atoms with Crippen molar-refractivity contribution < 1.29 is 9.53 Å². The third-order valence-electron chi connectivity index (χ3n) is 5.06. The van der Waals surface area contributed by atoms with E-state index in [9.17, 15) is 4.79 Å². The van der Waals surface area contributed by atoms with E-state index in [4.69, 9.17) is 4.74 Å². The lowest BCUT2D eigenvalue weighted by Gasteiger charge is -2.28. The van der Waals surface area contributed by atoms with Crippen LogP contribution in [0.5, 0.6) is 0 Å². The fourth-order valence-corrected chi connectivity index (χ4v) is 3.66. The number of hydrogen-bond acceptors (Lipinski definition) is 5. The predicted molar refractivity (Wildman–Crippen MR) is 116 cm³/mol. The molecule has 7 nitrogen and oxygen atoms in total. The number of anilines is 3. The molecule has 1 fully saturated rings. The van der Waals surface area contributed by atoms with Gasteiger partial charge >= 0.3 is 6.03 Å². The van der Waals surface area contributed by atoms with Gasteiger partial charge in [-0.05, 0) is 44.4 Å². The van der Waals surface area contributed by atoms with Crippen molar-refractivity contribution in [2.45, 2.75) is 58.0 Å². The minimum atomic E-state index is -0.155. The van der Waals surface area contributed by atoms with Gasteiger partial charge in [-0.1, -0.05) is 31.4 Å². The van der Waals surface area contributed by atoms with E-state index >= 15 is 0 Å². The van der Waals surface area contributed by atoms with Gasteiger partial charge in [-0.25, -0.2) is 14.7 Å². The van der Waals surface area contributed by atoms with Crippen LogP contribution in [-0.4, -0.2) is 41.8 Å². The lowest BCUT2D eigenvalue weighted by molar-refractivity contribution is 0.190. The Morgan fingerprint density at radius 1 is 1.28 bits per heavy atom. The molecule has 0 radical (unpaired) electrons. The lowest BCUT2D eigenvalue weighted by atomic mass is 9.96.